The Balaban J connectivity index is 2.25. The van der Waals surface area contributed by atoms with E-state index in [1.807, 2.05) is 37.3 Å². The van der Waals surface area contributed by atoms with Crippen molar-refractivity contribution in [1.82, 2.24) is 5.32 Å². The Labute approximate surface area is 128 Å². The highest BCUT2D eigenvalue weighted by Gasteiger charge is 2.22. The Morgan fingerprint density at radius 1 is 1.10 bits per heavy atom. The second-order valence-electron chi connectivity index (χ2n) is 6.27. The standard InChI is InChI=1S/C17H20BrNO/c1-11(17(2,3)4)19-16(20)14-6-5-13-10-15(18)8-7-12(13)9-14/h5-11H,1-4H3,(H,19,20). The largest absolute Gasteiger partial charge is 0.349 e. The first-order chi connectivity index (χ1) is 9.27. The molecule has 0 heterocycles. The first-order valence-electron chi connectivity index (χ1n) is 6.77. The lowest BCUT2D eigenvalue weighted by atomic mass is 9.88. The van der Waals surface area contributed by atoms with Crippen LogP contribution in [-0.2, 0) is 0 Å². The normalized spacial score (nSPS) is 13.2. The maximum Gasteiger partial charge on any atom is 0.251 e. The van der Waals surface area contributed by atoms with Crippen LogP contribution in [-0.4, -0.2) is 11.9 Å². The van der Waals surface area contributed by atoms with Crippen molar-refractivity contribution in [3.8, 4) is 0 Å². The fraction of sp³-hybridized carbons (Fsp3) is 0.353. The molecule has 2 aromatic carbocycles. The van der Waals surface area contributed by atoms with Gasteiger partial charge in [-0.2, -0.15) is 0 Å². The molecule has 2 rings (SSSR count). The minimum Gasteiger partial charge on any atom is -0.349 e. The van der Waals surface area contributed by atoms with Crippen molar-refractivity contribution in [2.45, 2.75) is 33.7 Å². The molecule has 20 heavy (non-hydrogen) atoms. The third-order valence-corrected chi connectivity index (χ3v) is 4.20. The molecule has 106 valence electrons. The van der Waals surface area contributed by atoms with Gasteiger partial charge < -0.3 is 5.32 Å². The van der Waals surface area contributed by atoms with Crippen LogP contribution in [0.5, 0.6) is 0 Å². The van der Waals surface area contributed by atoms with Crippen molar-refractivity contribution < 1.29 is 4.79 Å². The number of halogens is 1. The quantitative estimate of drug-likeness (QED) is 0.842. The summed E-state index contributed by atoms with van der Waals surface area (Å²) in [5.74, 6) is -0.0164. The third kappa shape index (κ3) is 3.40. The lowest BCUT2D eigenvalue weighted by molar-refractivity contribution is 0.0910. The van der Waals surface area contributed by atoms with Crippen LogP contribution in [0, 0.1) is 5.41 Å². The summed E-state index contributed by atoms with van der Waals surface area (Å²) in [6.45, 7) is 8.40. The van der Waals surface area contributed by atoms with Crippen LogP contribution in [0.1, 0.15) is 38.1 Å². The monoisotopic (exact) mass is 333 g/mol. The average molecular weight is 334 g/mol. The van der Waals surface area contributed by atoms with E-state index in [4.69, 9.17) is 0 Å². The van der Waals surface area contributed by atoms with Crippen LogP contribution in [0.15, 0.2) is 40.9 Å². The molecule has 0 saturated carbocycles. The minimum absolute atomic E-state index is 0.0164. The third-order valence-electron chi connectivity index (χ3n) is 3.71. The fourth-order valence-electron chi connectivity index (χ4n) is 1.85. The highest BCUT2D eigenvalue weighted by atomic mass is 79.9. The molecule has 3 heteroatoms. The second kappa shape index (κ2) is 5.57. The summed E-state index contributed by atoms with van der Waals surface area (Å²) < 4.78 is 1.04. The minimum atomic E-state index is -0.0164. The molecule has 0 aliphatic rings. The Kier molecular flexibility index (Phi) is 4.19. The maximum atomic E-state index is 12.3. The Morgan fingerprint density at radius 3 is 2.35 bits per heavy atom. The summed E-state index contributed by atoms with van der Waals surface area (Å²) in [4.78, 5) is 12.3. The predicted octanol–water partition coefficient (Wildman–Crippen LogP) is 4.77. The first-order valence-corrected chi connectivity index (χ1v) is 7.57. The molecular formula is C17H20BrNO. The summed E-state index contributed by atoms with van der Waals surface area (Å²) in [6.07, 6.45) is 0. The molecule has 0 aliphatic heterocycles. The smallest absolute Gasteiger partial charge is 0.251 e. The van der Waals surface area contributed by atoms with Crippen LogP contribution in [0.3, 0.4) is 0 Å². The molecule has 0 fully saturated rings. The molecule has 1 unspecified atom stereocenters. The van der Waals surface area contributed by atoms with Crippen LogP contribution >= 0.6 is 15.9 Å². The Bertz CT molecular complexity index is 643. The zero-order valence-electron chi connectivity index (χ0n) is 12.3. The SMILES string of the molecule is CC(NC(=O)c1ccc2cc(Br)ccc2c1)C(C)(C)C. The van der Waals surface area contributed by atoms with E-state index < -0.39 is 0 Å². The molecule has 0 bridgehead atoms. The van der Waals surface area contributed by atoms with Gasteiger partial charge in [0.15, 0.2) is 0 Å². The van der Waals surface area contributed by atoms with Gasteiger partial charge in [0.05, 0.1) is 0 Å². The topological polar surface area (TPSA) is 29.1 Å². The van der Waals surface area contributed by atoms with Gasteiger partial charge in [0.2, 0.25) is 0 Å². The number of carbonyl (C=O) groups excluding carboxylic acids is 1. The number of amides is 1. The van der Waals surface area contributed by atoms with E-state index in [2.05, 4.69) is 48.1 Å². The summed E-state index contributed by atoms with van der Waals surface area (Å²) in [5.41, 5.74) is 0.758. The summed E-state index contributed by atoms with van der Waals surface area (Å²) in [7, 11) is 0. The van der Waals surface area contributed by atoms with Gasteiger partial charge in [-0.05, 0) is 47.4 Å². The van der Waals surface area contributed by atoms with E-state index in [0.717, 1.165) is 15.2 Å². The molecule has 1 N–H and O–H groups in total. The van der Waals surface area contributed by atoms with Crippen molar-refractivity contribution in [2.75, 3.05) is 0 Å². The molecule has 0 radical (unpaired) electrons. The maximum absolute atomic E-state index is 12.3. The highest BCUT2D eigenvalue weighted by Crippen LogP contribution is 2.22. The molecule has 0 aromatic heterocycles. The molecule has 1 atom stereocenters. The van der Waals surface area contributed by atoms with Gasteiger partial charge in [0.1, 0.15) is 0 Å². The number of hydrogen-bond acceptors (Lipinski definition) is 1. The lowest BCUT2D eigenvalue weighted by Crippen LogP contribution is -2.41. The molecule has 2 aromatic rings. The molecule has 2 nitrogen and oxygen atoms in total. The van der Waals surface area contributed by atoms with E-state index in [1.54, 1.807) is 0 Å². The number of fused-ring (bicyclic) bond motifs is 1. The summed E-state index contributed by atoms with van der Waals surface area (Å²) >= 11 is 3.46. The average Bonchev–Trinajstić information content (AvgIpc) is 2.36. The molecule has 0 aliphatic carbocycles. The number of nitrogens with one attached hydrogen (secondary N) is 1. The van der Waals surface area contributed by atoms with E-state index in [9.17, 15) is 4.79 Å². The number of rotatable bonds is 2. The van der Waals surface area contributed by atoms with Crippen LogP contribution in [0.2, 0.25) is 0 Å². The van der Waals surface area contributed by atoms with Gasteiger partial charge in [0.25, 0.3) is 5.91 Å². The van der Waals surface area contributed by atoms with Crippen LogP contribution < -0.4 is 5.32 Å². The fourth-order valence-corrected chi connectivity index (χ4v) is 2.23. The van der Waals surface area contributed by atoms with Gasteiger partial charge in [-0.3, -0.25) is 4.79 Å². The van der Waals surface area contributed by atoms with Crippen molar-refractivity contribution in [3.63, 3.8) is 0 Å². The van der Waals surface area contributed by atoms with Crippen LogP contribution in [0.25, 0.3) is 10.8 Å². The van der Waals surface area contributed by atoms with E-state index in [-0.39, 0.29) is 17.4 Å². The van der Waals surface area contributed by atoms with E-state index in [0.29, 0.717) is 5.56 Å². The van der Waals surface area contributed by atoms with Gasteiger partial charge in [-0.1, -0.05) is 48.8 Å². The summed E-state index contributed by atoms with van der Waals surface area (Å²) in [5, 5.41) is 5.26. The van der Waals surface area contributed by atoms with Gasteiger partial charge in [0, 0.05) is 16.1 Å². The van der Waals surface area contributed by atoms with Crippen molar-refractivity contribution in [3.05, 3.63) is 46.4 Å². The zero-order chi connectivity index (χ0) is 14.9. The second-order valence-corrected chi connectivity index (χ2v) is 7.18. The van der Waals surface area contributed by atoms with Gasteiger partial charge >= 0.3 is 0 Å². The molecule has 0 spiro atoms. The predicted molar refractivity (Wildman–Crippen MR) is 88.0 cm³/mol. The molecular weight excluding hydrogens is 314 g/mol. The zero-order valence-corrected chi connectivity index (χ0v) is 13.9. The Hall–Kier alpha value is -1.35. The van der Waals surface area contributed by atoms with Gasteiger partial charge in [-0.25, -0.2) is 0 Å². The van der Waals surface area contributed by atoms with Crippen molar-refractivity contribution in [1.29, 1.82) is 0 Å². The van der Waals surface area contributed by atoms with E-state index >= 15 is 0 Å². The first kappa shape index (κ1) is 15.0. The van der Waals surface area contributed by atoms with E-state index in [1.165, 1.54) is 0 Å². The molecule has 0 saturated heterocycles. The summed E-state index contributed by atoms with van der Waals surface area (Å²) in [6, 6.07) is 12.0. The van der Waals surface area contributed by atoms with Crippen molar-refractivity contribution >= 4 is 32.6 Å². The highest BCUT2D eigenvalue weighted by molar-refractivity contribution is 9.10. The van der Waals surface area contributed by atoms with Crippen LogP contribution in [0.4, 0.5) is 0 Å². The number of hydrogen-bond donors (Lipinski definition) is 1. The van der Waals surface area contributed by atoms with Gasteiger partial charge in [-0.15, -0.1) is 0 Å². The number of carbonyl (C=O) groups is 1. The number of benzene rings is 2. The Morgan fingerprint density at radius 2 is 1.70 bits per heavy atom. The molecule has 1 amide bonds. The lowest BCUT2D eigenvalue weighted by Gasteiger charge is -2.28. The van der Waals surface area contributed by atoms with Crippen molar-refractivity contribution in [2.24, 2.45) is 5.41 Å².